The number of Topliss-reactive ketones (excluding diaryl/α,β-unsaturated/α-hetero) is 1. The molecule has 2 N–H and O–H groups in total. The van der Waals surface area contributed by atoms with Crippen molar-refractivity contribution in [3.8, 4) is 0 Å². The fourth-order valence-electron chi connectivity index (χ4n) is 6.11. The zero-order chi connectivity index (χ0) is 34.6. The zero-order valence-corrected chi connectivity index (χ0v) is 28.1. The van der Waals surface area contributed by atoms with Crippen molar-refractivity contribution in [2.45, 2.75) is 63.7 Å². The molecule has 0 unspecified atom stereocenters. The Morgan fingerprint density at radius 1 is 0.854 bits per heavy atom. The minimum absolute atomic E-state index is 0.0255. The van der Waals surface area contributed by atoms with Crippen molar-refractivity contribution in [2.24, 2.45) is 5.92 Å². The highest BCUT2D eigenvalue weighted by molar-refractivity contribution is 5.98. The number of nitrogens with one attached hydrogen (secondary N) is 2. The Balaban J connectivity index is 1.58. The Bertz CT molecular complexity index is 1530. The van der Waals surface area contributed by atoms with Crippen molar-refractivity contribution in [1.29, 1.82) is 0 Å². The number of ether oxygens (including phenoxy) is 1. The molecular weight excluding hydrogens is 608 g/mol. The highest BCUT2D eigenvalue weighted by Gasteiger charge is 2.41. The number of ketones is 1. The Hall–Kier alpha value is -4.83. The van der Waals surface area contributed by atoms with E-state index in [2.05, 4.69) is 10.6 Å². The number of carbonyl (C=O) groups is 5. The van der Waals surface area contributed by atoms with Gasteiger partial charge in [-0.3, -0.25) is 19.2 Å². The summed E-state index contributed by atoms with van der Waals surface area (Å²) in [6.45, 7) is 3.72. The molecule has 0 aliphatic carbocycles. The molecule has 0 spiro atoms. The first-order valence-electron chi connectivity index (χ1n) is 16.5. The molecule has 10 heteroatoms. The Kier molecular flexibility index (Phi) is 13.0. The van der Waals surface area contributed by atoms with Gasteiger partial charge in [-0.1, -0.05) is 105 Å². The van der Waals surface area contributed by atoms with Crippen molar-refractivity contribution in [3.05, 3.63) is 108 Å². The number of esters is 1. The molecule has 1 heterocycles. The second-order valence-corrected chi connectivity index (χ2v) is 12.5. The van der Waals surface area contributed by atoms with Gasteiger partial charge in [0.25, 0.3) is 0 Å². The van der Waals surface area contributed by atoms with Gasteiger partial charge in [0, 0.05) is 32.0 Å². The molecular formula is C38H46N4O6. The summed E-state index contributed by atoms with van der Waals surface area (Å²) >= 11 is 0. The quantitative estimate of drug-likeness (QED) is 0.190. The van der Waals surface area contributed by atoms with Crippen molar-refractivity contribution in [3.63, 3.8) is 0 Å². The van der Waals surface area contributed by atoms with Crippen molar-refractivity contribution in [2.75, 3.05) is 27.2 Å². The zero-order valence-electron chi connectivity index (χ0n) is 28.1. The van der Waals surface area contributed by atoms with Gasteiger partial charge in [-0.05, 0) is 36.9 Å². The lowest BCUT2D eigenvalue weighted by atomic mass is 9.99. The topological polar surface area (TPSA) is 125 Å². The largest absolute Gasteiger partial charge is 0.456 e. The number of carbonyl (C=O) groups excluding carboxylic acids is 5. The number of amides is 3. The van der Waals surface area contributed by atoms with Gasteiger partial charge in [0.1, 0.15) is 18.1 Å². The van der Waals surface area contributed by atoms with E-state index in [0.717, 1.165) is 11.1 Å². The van der Waals surface area contributed by atoms with E-state index in [1.807, 2.05) is 74.5 Å². The van der Waals surface area contributed by atoms with Crippen molar-refractivity contribution >= 4 is 29.5 Å². The van der Waals surface area contributed by atoms with Crippen LogP contribution < -0.4 is 10.6 Å². The molecule has 4 atom stereocenters. The minimum atomic E-state index is -0.973. The number of likely N-dealkylation sites (N-methyl/N-ethyl adjacent to an activating group) is 2. The molecule has 48 heavy (non-hydrogen) atoms. The molecule has 1 fully saturated rings. The maximum atomic E-state index is 14.4. The van der Waals surface area contributed by atoms with E-state index in [9.17, 15) is 24.0 Å². The van der Waals surface area contributed by atoms with Crippen molar-refractivity contribution in [1.82, 2.24) is 20.4 Å². The Labute approximate surface area is 282 Å². The third-order valence-electron chi connectivity index (χ3n) is 8.78. The summed E-state index contributed by atoms with van der Waals surface area (Å²) in [5.74, 6) is -2.15. The number of benzene rings is 3. The number of nitrogens with zero attached hydrogens (tertiary/aromatic N) is 2. The number of hydrogen-bond donors (Lipinski definition) is 2. The molecule has 3 amide bonds. The molecule has 3 aromatic rings. The predicted molar refractivity (Wildman–Crippen MR) is 183 cm³/mol. The van der Waals surface area contributed by atoms with Gasteiger partial charge in [-0.2, -0.15) is 0 Å². The van der Waals surface area contributed by atoms with Crippen LogP contribution in [0.25, 0.3) is 0 Å². The standard InChI is InChI=1S/C38H46N4O6/c1-26(2)34(39-3)35(44)40-30(23-27-15-8-5-9-16-27)36(45)41(4)32(24-28-17-10-6-11-18-28)37(46)42-22-14-21-31(42)38(47)48-25-33(43)29-19-12-7-13-20-29/h5-13,15-20,26,30-32,34,39H,14,21-25H2,1-4H3,(H,40,44)/t30-,31-,32-,34-/m0/s1. The van der Waals surface area contributed by atoms with Gasteiger partial charge in [0.2, 0.25) is 17.7 Å². The second-order valence-electron chi connectivity index (χ2n) is 12.5. The van der Waals surface area contributed by atoms with Gasteiger partial charge in [0.05, 0.1) is 6.04 Å². The summed E-state index contributed by atoms with van der Waals surface area (Å²) in [5.41, 5.74) is 2.12. The first-order chi connectivity index (χ1) is 23.1. The van der Waals surface area contributed by atoms with Crippen LogP contribution in [0.15, 0.2) is 91.0 Å². The lowest BCUT2D eigenvalue weighted by Gasteiger charge is -2.35. The van der Waals surface area contributed by atoms with Crippen LogP contribution in [0.4, 0.5) is 0 Å². The molecule has 10 nitrogen and oxygen atoms in total. The summed E-state index contributed by atoms with van der Waals surface area (Å²) in [5, 5.41) is 5.98. The molecule has 1 saturated heterocycles. The summed E-state index contributed by atoms with van der Waals surface area (Å²) in [7, 11) is 3.27. The summed E-state index contributed by atoms with van der Waals surface area (Å²) < 4.78 is 5.41. The van der Waals surface area contributed by atoms with E-state index in [0.29, 0.717) is 24.9 Å². The molecule has 0 saturated carbocycles. The van der Waals surface area contributed by atoms with Crippen LogP contribution in [0.5, 0.6) is 0 Å². The van der Waals surface area contributed by atoms with E-state index < -0.39 is 48.6 Å². The summed E-state index contributed by atoms with van der Waals surface area (Å²) in [6.07, 6.45) is 1.38. The van der Waals surface area contributed by atoms with Crippen LogP contribution in [-0.2, 0) is 36.8 Å². The second kappa shape index (κ2) is 17.4. The van der Waals surface area contributed by atoms with E-state index in [1.54, 1.807) is 44.4 Å². The molecule has 254 valence electrons. The first-order valence-corrected chi connectivity index (χ1v) is 16.5. The molecule has 0 bridgehead atoms. The first kappa shape index (κ1) is 36.0. The van der Waals surface area contributed by atoms with Gasteiger partial charge < -0.3 is 25.2 Å². The van der Waals surface area contributed by atoms with E-state index in [1.165, 1.54) is 9.80 Å². The third-order valence-corrected chi connectivity index (χ3v) is 8.78. The van der Waals surface area contributed by atoms with Gasteiger partial charge in [-0.25, -0.2) is 4.79 Å². The minimum Gasteiger partial charge on any atom is -0.456 e. The molecule has 0 radical (unpaired) electrons. The van der Waals surface area contributed by atoms with E-state index in [4.69, 9.17) is 4.74 Å². The Morgan fingerprint density at radius 3 is 1.98 bits per heavy atom. The van der Waals surface area contributed by atoms with E-state index in [-0.39, 0.29) is 30.4 Å². The lowest BCUT2D eigenvalue weighted by molar-refractivity contribution is -0.155. The van der Waals surface area contributed by atoms with Crippen molar-refractivity contribution < 1.29 is 28.7 Å². The maximum absolute atomic E-state index is 14.4. The van der Waals surface area contributed by atoms with Crippen LogP contribution in [0.1, 0.15) is 48.2 Å². The van der Waals surface area contributed by atoms with Crippen LogP contribution >= 0.6 is 0 Å². The number of rotatable bonds is 15. The summed E-state index contributed by atoms with van der Waals surface area (Å²) in [6, 6.07) is 24.0. The molecule has 3 aromatic carbocycles. The van der Waals surface area contributed by atoms with Gasteiger partial charge >= 0.3 is 5.97 Å². The van der Waals surface area contributed by atoms with Crippen LogP contribution in [0, 0.1) is 5.92 Å². The van der Waals surface area contributed by atoms with E-state index >= 15 is 0 Å². The molecule has 4 rings (SSSR count). The van der Waals surface area contributed by atoms with Gasteiger partial charge in [0.15, 0.2) is 12.4 Å². The fraction of sp³-hybridized carbons (Fsp3) is 0.395. The number of likely N-dealkylation sites (tertiary alicyclic amines) is 1. The van der Waals surface area contributed by atoms with Gasteiger partial charge in [-0.15, -0.1) is 0 Å². The number of hydrogen-bond acceptors (Lipinski definition) is 7. The molecule has 0 aromatic heterocycles. The van der Waals surface area contributed by atoms with Crippen LogP contribution in [0.3, 0.4) is 0 Å². The molecule has 1 aliphatic heterocycles. The normalized spacial score (nSPS) is 16.1. The maximum Gasteiger partial charge on any atom is 0.329 e. The highest BCUT2D eigenvalue weighted by atomic mass is 16.5. The summed E-state index contributed by atoms with van der Waals surface area (Å²) in [4.78, 5) is 70.8. The molecule has 1 aliphatic rings. The average Bonchev–Trinajstić information content (AvgIpc) is 3.60. The SMILES string of the molecule is CN[C@H](C(=O)N[C@@H](Cc1ccccc1)C(=O)N(C)[C@@H](Cc1ccccc1)C(=O)N1CCC[C@H]1C(=O)OCC(=O)c1ccccc1)C(C)C. The fourth-order valence-corrected chi connectivity index (χ4v) is 6.11. The predicted octanol–water partition coefficient (Wildman–Crippen LogP) is 3.44. The average molecular weight is 655 g/mol. The monoisotopic (exact) mass is 654 g/mol. The van der Waals surface area contributed by atoms with Crippen LogP contribution in [0.2, 0.25) is 0 Å². The Morgan fingerprint density at radius 2 is 1.42 bits per heavy atom. The smallest absolute Gasteiger partial charge is 0.329 e. The highest BCUT2D eigenvalue weighted by Crippen LogP contribution is 2.23. The van der Waals surface area contributed by atoms with Crippen LogP contribution in [-0.4, -0.2) is 90.7 Å². The third kappa shape index (κ3) is 9.38. The lowest BCUT2D eigenvalue weighted by Crippen LogP contribution is -2.59.